The number of hydrogen-bond acceptors (Lipinski definition) is 4. The molecule has 2 rings (SSSR count). The third-order valence-electron chi connectivity index (χ3n) is 3.49. The van der Waals surface area contributed by atoms with Gasteiger partial charge in [-0.15, -0.1) is 0 Å². The summed E-state index contributed by atoms with van der Waals surface area (Å²) in [6.07, 6.45) is 0.0637. The Morgan fingerprint density at radius 1 is 1.40 bits per heavy atom. The first-order valence-corrected chi connectivity index (χ1v) is 8.36. The van der Waals surface area contributed by atoms with Gasteiger partial charge in [0.2, 0.25) is 10.0 Å². The largest absolute Gasteiger partial charge is 0.399 e. The molecule has 1 aliphatic heterocycles. The third kappa shape index (κ3) is 2.89. The molecule has 1 fully saturated rings. The molecule has 0 aliphatic carbocycles. The summed E-state index contributed by atoms with van der Waals surface area (Å²) in [6, 6.07) is 2.73. The van der Waals surface area contributed by atoms with Crippen molar-refractivity contribution in [2.75, 3.05) is 18.8 Å². The molecule has 1 aromatic rings. The van der Waals surface area contributed by atoms with Gasteiger partial charge in [0.1, 0.15) is 4.90 Å². The van der Waals surface area contributed by atoms with E-state index >= 15 is 0 Å². The number of anilines is 1. The Hall–Kier alpha value is -0.530. The zero-order chi connectivity index (χ0) is 15.1. The van der Waals surface area contributed by atoms with Crippen molar-refractivity contribution < 1.29 is 13.5 Å². The normalized spacial score (nSPS) is 22.1. The SMILES string of the molecule is CC(O)C1CCN(S(=O)(=O)c2c(Cl)cc(N)cc2Cl)C1. The Morgan fingerprint density at radius 2 is 1.95 bits per heavy atom. The van der Waals surface area contributed by atoms with E-state index < -0.39 is 16.1 Å². The molecule has 112 valence electrons. The van der Waals surface area contributed by atoms with Crippen LogP contribution in [0.1, 0.15) is 13.3 Å². The molecule has 0 saturated carbocycles. The maximum absolute atomic E-state index is 12.6. The van der Waals surface area contributed by atoms with E-state index in [1.807, 2.05) is 0 Å². The van der Waals surface area contributed by atoms with Crippen LogP contribution in [0, 0.1) is 5.92 Å². The van der Waals surface area contributed by atoms with Crippen LogP contribution < -0.4 is 5.73 Å². The van der Waals surface area contributed by atoms with Gasteiger partial charge in [0.15, 0.2) is 0 Å². The summed E-state index contributed by atoms with van der Waals surface area (Å²) in [6.45, 7) is 2.26. The fourth-order valence-corrected chi connectivity index (χ4v) is 5.01. The molecule has 2 unspecified atom stereocenters. The highest BCUT2D eigenvalue weighted by Crippen LogP contribution is 2.36. The molecule has 8 heteroatoms. The zero-order valence-electron chi connectivity index (χ0n) is 10.9. The monoisotopic (exact) mass is 338 g/mol. The van der Waals surface area contributed by atoms with Crippen molar-refractivity contribution in [2.24, 2.45) is 5.92 Å². The third-order valence-corrected chi connectivity index (χ3v) is 6.28. The van der Waals surface area contributed by atoms with Crippen molar-refractivity contribution in [1.29, 1.82) is 0 Å². The number of aliphatic hydroxyl groups excluding tert-OH is 1. The van der Waals surface area contributed by atoms with Crippen LogP contribution in [0.2, 0.25) is 10.0 Å². The standard InChI is InChI=1S/C12H16Cl2N2O3S/c1-7(17)8-2-3-16(6-8)20(18,19)12-10(13)4-9(15)5-11(12)14/h4-5,7-8,17H,2-3,6,15H2,1H3. The lowest BCUT2D eigenvalue weighted by atomic mass is 10.0. The Balaban J connectivity index is 2.38. The zero-order valence-corrected chi connectivity index (χ0v) is 13.2. The van der Waals surface area contributed by atoms with Gasteiger partial charge in [-0.2, -0.15) is 4.31 Å². The minimum atomic E-state index is -3.78. The molecule has 20 heavy (non-hydrogen) atoms. The molecule has 0 bridgehead atoms. The lowest BCUT2D eigenvalue weighted by Gasteiger charge is -2.19. The van der Waals surface area contributed by atoms with Crippen molar-refractivity contribution in [3.05, 3.63) is 22.2 Å². The van der Waals surface area contributed by atoms with Gasteiger partial charge in [-0.1, -0.05) is 23.2 Å². The smallest absolute Gasteiger partial charge is 0.246 e. The highest BCUT2D eigenvalue weighted by molar-refractivity contribution is 7.89. The maximum Gasteiger partial charge on any atom is 0.246 e. The predicted molar refractivity (Wildman–Crippen MR) is 79.4 cm³/mol. The molecule has 3 N–H and O–H groups in total. The Labute approximate surface area is 128 Å². The van der Waals surface area contributed by atoms with Crippen molar-refractivity contribution in [3.8, 4) is 0 Å². The molecule has 2 atom stereocenters. The highest BCUT2D eigenvalue weighted by atomic mass is 35.5. The number of nitrogens with two attached hydrogens (primary N) is 1. The van der Waals surface area contributed by atoms with Gasteiger partial charge in [-0.25, -0.2) is 8.42 Å². The minimum Gasteiger partial charge on any atom is -0.399 e. The quantitative estimate of drug-likeness (QED) is 0.825. The summed E-state index contributed by atoms with van der Waals surface area (Å²) < 4.78 is 26.5. The van der Waals surface area contributed by atoms with Crippen LogP contribution >= 0.6 is 23.2 Å². The minimum absolute atomic E-state index is 0.00972. The molecule has 0 aromatic heterocycles. The Bertz CT molecular complexity index is 596. The second kappa shape index (κ2) is 5.69. The molecular weight excluding hydrogens is 323 g/mol. The summed E-state index contributed by atoms with van der Waals surface area (Å²) in [4.78, 5) is -0.124. The first-order valence-electron chi connectivity index (χ1n) is 6.16. The molecular formula is C12H16Cl2N2O3S. The summed E-state index contributed by atoms with van der Waals surface area (Å²) in [5.41, 5.74) is 5.88. The molecule has 0 spiro atoms. The molecule has 0 radical (unpaired) electrons. The lowest BCUT2D eigenvalue weighted by Crippen LogP contribution is -2.31. The number of hydrogen-bond donors (Lipinski definition) is 2. The molecule has 1 heterocycles. The van der Waals surface area contributed by atoms with Gasteiger partial charge in [0.25, 0.3) is 0 Å². The van der Waals surface area contributed by atoms with E-state index in [0.717, 1.165) is 0 Å². The number of aliphatic hydroxyl groups is 1. The van der Waals surface area contributed by atoms with Crippen LogP contribution in [-0.2, 0) is 10.0 Å². The second-order valence-corrected chi connectivity index (χ2v) is 7.66. The summed E-state index contributed by atoms with van der Waals surface area (Å²) in [5, 5.41) is 9.58. The van der Waals surface area contributed by atoms with Crippen LogP contribution in [0.15, 0.2) is 17.0 Å². The predicted octanol–water partition coefficient (Wildman–Crippen LogP) is 1.97. The van der Waals surface area contributed by atoms with Crippen molar-refractivity contribution >= 4 is 38.9 Å². The van der Waals surface area contributed by atoms with Gasteiger partial charge in [0.05, 0.1) is 16.1 Å². The first kappa shape index (κ1) is 15.9. The van der Waals surface area contributed by atoms with Gasteiger partial charge in [-0.3, -0.25) is 0 Å². The number of rotatable bonds is 3. The summed E-state index contributed by atoms with van der Waals surface area (Å²) in [7, 11) is -3.78. The Morgan fingerprint density at radius 3 is 2.40 bits per heavy atom. The maximum atomic E-state index is 12.6. The fraction of sp³-hybridized carbons (Fsp3) is 0.500. The molecule has 1 aliphatic rings. The number of nitrogens with zero attached hydrogens (tertiary/aromatic N) is 1. The first-order chi connectivity index (χ1) is 9.23. The van der Waals surface area contributed by atoms with E-state index in [1.165, 1.54) is 16.4 Å². The van der Waals surface area contributed by atoms with Gasteiger partial charge >= 0.3 is 0 Å². The number of halogens is 2. The fourth-order valence-electron chi connectivity index (χ4n) is 2.32. The lowest BCUT2D eigenvalue weighted by molar-refractivity contribution is 0.133. The van der Waals surface area contributed by atoms with Gasteiger partial charge < -0.3 is 10.8 Å². The van der Waals surface area contributed by atoms with Crippen LogP contribution in [0.4, 0.5) is 5.69 Å². The van der Waals surface area contributed by atoms with Crippen LogP contribution in [0.5, 0.6) is 0 Å². The van der Waals surface area contributed by atoms with Crippen LogP contribution in [0.25, 0.3) is 0 Å². The topological polar surface area (TPSA) is 83.6 Å². The average molecular weight is 339 g/mol. The Kier molecular flexibility index (Phi) is 4.51. The van der Waals surface area contributed by atoms with Crippen molar-refractivity contribution in [1.82, 2.24) is 4.31 Å². The number of benzene rings is 1. The van der Waals surface area contributed by atoms with Crippen LogP contribution in [-0.4, -0.2) is 37.0 Å². The highest BCUT2D eigenvalue weighted by Gasteiger charge is 2.36. The number of sulfonamides is 1. The van der Waals surface area contributed by atoms with Gasteiger partial charge in [-0.05, 0) is 31.4 Å². The van der Waals surface area contributed by atoms with Crippen molar-refractivity contribution in [2.45, 2.75) is 24.3 Å². The van der Waals surface area contributed by atoms with Crippen LogP contribution in [0.3, 0.4) is 0 Å². The molecule has 0 amide bonds. The van der Waals surface area contributed by atoms with Gasteiger partial charge in [0, 0.05) is 18.8 Å². The number of nitrogen functional groups attached to an aromatic ring is 1. The van der Waals surface area contributed by atoms with E-state index in [2.05, 4.69) is 0 Å². The van der Waals surface area contributed by atoms with E-state index in [9.17, 15) is 13.5 Å². The molecule has 5 nitrogen and oxygen atoms in total. The van der Waals surface area contributed by atoms with E-state index in [1.54, 1.807) is 6.92 Å². The van der Waals surface area contributed by atoms with E-state index in [0.29, 0.717) is 18.7 Å². The van der Waals surface area contributed by atoms with E-state index in [-0.39, 0.29) is 27.4 Å². The second-order valence-electron chi connectivity index (χ2n) is 4.97. The van der Waals surface area contributed by atoms with E-state index in [4.69, 9.17) is 28.9 Å². The average Bonchev–Trinajstić information content (AvgIpc) is 2.76. The molecule has 1 aromatic carbocycles. The van der Waals surface area contributed by atoms with Crippen molar-refractivity contribution in [3.63, 3.8) is 0 Å². The molecule has 1 saturated heterocycles. The summed E-state index contributed by atoms with van der Waals surface area (Å²) in [5.74, 6) is -0.0730. The summed E-state index contributed by atoms with van der Waals surface area (Å²) >= 11 is 12.0.